The number of hydrogen-bond acceptors (Lipinski definition) is 6. The summed E-state index contributed by atoms with van der Waals surface area (Å²) in [7, 11) is 0. The Kier molecular flexibility index (Phi) is 6.68. The van der Waals surface area contributed by atoms with Gasteiger partial charge in [0.25, 0.3) is 0 Å². The van der Waals surface area contributed by atoms with Gasteiger partial charge in [-0.05, 0) is 81.0 Å². The fourth-order valence-corrected chi connectivity index (χ4v) is 8.77. The van der Waals surface area contributed by atoms with Crippen LogP contribution >= 0.6 is 15.9 Å². The SMILES string of the molecule is C[C@H]1CN2CCC[C@@]2(COc2nc3c(c(N4CCCCCC4)n2)COC2(CCCc4c(Br)cccc42)C3)C1. The molecule has 1 unspecified atom stereocenters. The van der Waals surface area contributed by atoms with E-state index in [1.165, 1.54) is 79.2 Å². The van der Waals surface area contributed by atoms with Gasteiger partial charge in [0.05, 0.1) is 23.4 Å². The number of fused-ring (bicyclic) bond motifs is 4. The van der Waals surface area contributed by atoms with Gasteiger partial charge in [-0.2, -0.15) is 9.97 Å². The van der Waals surface area contributed by atoms with E-state index in [4.69, 9.17) is 19.4 Å². The fourth-order valence-electron chi connectivity index (χ4n) is 8.21. The second kappa shape index (κ2) is 10.0. The summed E-state index contributed by atoms with van der Waals surface area (Å²) in [6.07, 6.45) is 12.8. The van der Waals surface area contributed by atoms with E-state index in [2.05, 4.69) is 50.9 Å². The summed E-state index contributed by atoms with van der Waals surface area (Å²) < 4.78 is 14.6. The fraction of sp³-hybridized carbons (Fsp3) is 0.677. The van der Waals surface area contributed by atoms with Crippen molar-refractivity contribution in [3.63, 3.8) is 0 Å². The highest BCUT2D eigenvalue weighted by Gasteiger charge is 2.48. The molecule has 0 bridgehead atoms. The van der Waals surface area contributed by atoms with E-state index >= 15 is 0 Å². The zero-order valence-corrected chi connectivity index (χ0v) is 24.4. The number of rotatable bonds is 4. The Morgan fingerprint density at radius 1 is 1.03 bits per heavy atom. The first-order chi connectivity index (χ1) is 18.6. The highest BCUT2D eigenvalue weighted by Crippen LogP contribution is 2.48. The molecule has 3 atom stereocenters. The van der Waals surface area contributed by atoms with E-state index in [-0.39, 0.29) is 11.1 Å². The predicted molar refractivity (Wildman–Crippen MR) is 153 cm³/mol. The summed E-state index contributed by atoms with van der Waals surface area (Å²) >= 11 is 3.81. The third kappa shape index (κ3) is 4.37. The van der Waals surface area contributed by atoms with Gasteiger partial charge in [0, 0.05) is 36.1 Å². The van der Waals surface area contributed by atoms with Crippen LogP contribution in [0.15, 0.2) is 22.7 Å². The standard InChI is InChI=1S/C31H41BrN4O2/c1-22-17-30(12-8-16-36(30)19-22)21-37-29-33-27-18-31(13-7-9-23-25(31)10-6-11-26(23)32)38-20-24(27)28(34-29)35-14-4-2-3-5-15-35/h6,10-11,22H,2-5,7-9,12-21H2,1H3/t22-,30+,31?/m1/s1. The smallest absolute Gasteiger partial charge is 0.318 e. The van der Waals surface area contributed by atoms with Gasteiger partial charge in [-0.1, -0.05) is 47.8 Å². The molecule has 7 rings (SSSR count). The summed E-state index contributed by atoms with van der Waals surface area (Å²) in [4.78, 5) is 15.4. The van der Waals surface area contributed by atoms with E-state index in [0.717, 1.165) is 56.2 Å². The highest BCUT2D eigenvalue weighted by molar-refractivity contribution is 9.10. The van der Waals surface area contributed by atoms with Gasteiger partial charge < -0.3 is 14.4 Å². The van der Waals surface area contributed by atoms with Crippen molar-refractivity contribution in [1.82, 2.24) is 14.9 Å². The number of ether oxygens (including phenoxy) is 2. The zero-order valence-electron chi connectivity index (χ0n) is 22.8. The number of halogens is 1. The van der Waals surface area contributed by atoms with Gasteiger partial charge in [0.15, 0.2) is 0 Å². The van der Waals surface area contributed by atoms with Crippen LogP contribution < -0.4 is 9.64 Å². The number of aromatic nitrogens is 2. The predicted octanol–water partition coefficient (Wildman–Crippen LogP) is 6.18. The molecule has 2 aromatic rings. The molecule has 6 nitrogen and oxygen atoms in total. The Bertz CT molecular complexity index is 1200. The van der Waals surface area contributed by atoms with Crippen molar-refractivity contribution >= 4 is 21.7 Å². The first-order valence-electron chi connectivity index (χ1n) is 15.0. The lowest BCUT2D eigenvalue weighted by Crippen LogP contribution is -2.44. The van der Waals surface area contributed by atoms with Crippen molar-refractivity contribution in [3.8, 4) is 6.01 Å². The highest BCUT2D eigenvalue weighted by atomic mass is 79.9. The van der Waals surface area contributed by atoms with Crippen LogP contribution in [0.3, 0.4) is 0 Å². The van der Waals surface area contributed by atoms with Crippen LogP contribution in [-0.2, 0) is 29.8 Å². The Balaban J connectivity index is 1.24. The summed E-state index contributed by atoms with van der Waals surface area (Å²) in [5.74, 6) is 1.80. The maximum atomic E-state index is 6.85. The molecule has 0 N–H and O–H groups in total. The minimum absolute atomic E-state index is 0.167. The van der Waals surface area contributed by atoms with Crippen molar-refractivity contribution in [2.75, 3.05) is 37.7 Å². The monoisotopic (exact) mass is 580 g/mol. The average molecular weight is 582 g/mol. The largest absolute Gasteiger partial charge is 0.461 e. The van der Waals surface area contributed by atoms with Gasteiger partial charge in [-0.25, -0.2) is 0 Å². The third-order valence-electron chi connectivity index (χ3n) is 9.99. The number of nitrogens with zero attached hydrogens (tertiary/aromatic N) is 4. The molecule has 1 aliphatic carbocycles. The minimum Gasteiger partial charge on any atom is -0.461 e. The molecule has 0 saturated carbocycles. The molecule has 3 fully saturated rings. The van der Waals surface area contributed by atoms with Crippen molar-refractivity contribution in [1.29, 1.82) is 0 Å². The normalized spacial score (nSPS) is 31.1. The average Bonchev–Trinajstić information content (AvgIpc) is 3.29. The van der Waals surface area contributed by atoms with Crippen LogP contribution in [0.2, 0.25) is 0 Å². The second-order valence-corrected chi connectivity index (χ2v) is 13.5. The Morgan fingerprint density at radius 3 is 2.76 bits per heavy atom. The molecule has 3 saturated heterocycles. The Morgan fingerprint density at radius 2 is 1.89 bits per heavy atom. The maximum absolute atomic E-state index is 6.85. The van der Waals surface area contributed by atoms with Crippen LogP contribution in [0.25, 0.3) is 0 Å². The topological polar surface area (TPSA) is 50.7 Å². The summed E-state index contributed by atoms with van der Waals surface area (Å²) in [6.45, 7) is 8.16. The molecule has 1 spiro atoms. The van der Waals surface area contributed by atoms with Gasteiger partial charge in [0.1, 0.15) is 12.4 Å². The number of benzene rings is 1. The first kappa shape index (κ1) is 25.3. The van der Waals surface area contributed by atoms with Crippen molar-refractivity contribution < 1.29 is 9.47 Å². The van der Waals surface area contributed by atoms with Crippen LogP contribution in [0, 0.1) is 5.92 Å². The lowest BCUT2D eigenvalue weighted by atomic mass is 9.75. The molecule has 5 heterocycles. The van der Waals surface area contributed by atoms with E-state index < -0.39 is 0 Å². The molecular weight excluding hydrogens is 540 g/mol. The molecular formula is C31H41BrN4O2. The molecule has 0 radical (unpaired) electrons. The number of anilines is 1. The Labute approximate surface area is 235 Å². The van der Waals surface area contributed by atoms with Gasteiger partial charge in [-0.3, -0.25) is 4.90 Å². The second-order valence-electron chi connectivity index (χ2n) is 12.6. The lowest BCUT2D eigenvalue weighted by molar-refractivity contribution is -0.0856. The van der Waals surface area contributed by atoms with E-state index in [1.54, 1.807) is 0 Å². The summed E-state index contributed by atoms with van der Waals surface area (Å²) in [5, 5.41) is 0. The van der Waals surface area contributed by atoms with Crippen molar-refractivity contribution in [2.45, 2.75) is 95.3 Å². The lowest BCUT2D eigenvalue weighted by Gasteiger charge is -2.43. The molecule has 1 aromatic heterocycles. The van der Waals surface area contributed by atoms with E-state index in [9.17, 15) is 0 Å². The van der Waals surface area contributed by atoms with Gasteiger partial charge >= 0.3 is 6.01 Å². The third-order valence-corrected chi connectivity index (χ3v) is 10.7. The van der Waals surface area contributed by atoms with Gasteiger partial charge in [-0.15, -0.1) is 0 Å². The minimum atomic E-state index is -0.312. The van der Waals surface area contributed by atoms with Crippen LogP contribution in [0.1, 0.15) is 87.1 Å². The van der Waals surface area contributed by atoms with Gasteiger partial charge in [0.2, 0.25) is 0 Å². The van der Waals surface area contributed by atoms with E-state index in [0.29, 0.717) is 19.2 Å². The molecule has 0 amide bonds. The molecule has 204 valence electrons. The van der Waals surface area contributed by atoms with Crippen molar-refractivity contribution in [2.24, 2.45) is 5.92 Å². The van der Waals surface area contributed by atoms with Crippen LogP contribution in [0.5, 0.6) is 6.01 Å². The van der Waals surface area contributed by atoms with Crippen LogP contribution in [-0.4, -0.2) is 53.2 Å². The number of hydrogen-bond donors (Lipinski definition) is 0. The van der Waals surface area contributed by atoms with Crippen LogP contribution in [0.4, 0.5) is 5.82 Å². The summed E-state index contributed by atoms with van der Waals surface area (Å²) in [6, 6.07) is 7.16. The zero-order chi connectivity index (χ0) is 25.7. The molecule has 4 aliphatic heterocycles. The van der Waals surface area contributed by atoms with Crippen molar-refractivity contribution in [3.05, 3.63) is 45.1 Å². The van der Waals surface area contributed by atoms with E-state index in [1.807, 2.05) is 0 Å². The first-order valence-corrected chi connectivity index (χ1v) is 15.8. The Hall–Kier alpha value is -1.70. The molecule has 5 aliphatic rings. The molecule has 38 heavy (non-hydrogen) atoms. The molecule has 7 heteroatoms. The summed E-state index contributed by atoms with van der Waals surface area (Å²) in [5.41, 5.74) is 4.91. The molecule has 1 aromatic carbocycles. The quantitative estimate of drug-likeness (QED) is 0.430. The maximum Gasteiger partial charge on any atom is 0.318 e.